The Kier molecular flexibility index (Phi) is 4.61. The number of alkyl halides is 1. The molecule has 0 saturated carbocycles. The number of ether oxygens (including phenoxy) is 1. The van der Waals surface area contributed by atoms with Gasteiger partial charge < -0.3 is 4.74 Å². The van der Waals surface area contributed by atoms with E-state index >= 15 is 0 Å². The predicted octanol–water partition coefficient (Wildman–Crippen LogP) is 4.29. The van der Waals surface area contributed by atoms with E-state index in [4.69, 9.17) is 0 Å². The first-order valence-corrected chi connectivity index (χ1v) is 6.28. The summed E-state index contributed by atoms with van der Waals surface area (Å²) in [7, 11) is 0. The van der Waals surface area contributed by atoms with Crippen molar-refractivity contribution in [2.45, 2.75) is 19.8 Å². The Morgan fingerprint density at radius 2 is 1.85 bits per heavy atom. The minimum Gasteiger partial charge on any atom is -0.457 e. The highest BCUT2D eigenvalue weighted by molar-refractivity contribution is 5.60. The minimum absolute atomic E-state index is 0.286. The Hall–Kier alpha value is -2.04. The molecule has 0 fully saturated rings. The molecule has 20 heavy (non-hydrogen) atoms. The van der Waals surface area contributed by atoms with Crippen molar-refractivity contribution in [3.05, 3.63) is 47.7 Å². The summed E-state index contributed by atoms with van der Waals surface area (Å²) in [5, 5.41) is 0. The molecule has 2 rings (SSSR count). The minimum atomic E-state index is -1.28. The zero-order valence-electron chi connectivity index (χ0n) is 11.0. The lowest BCUT2D eigenvalue weighted by Crippen LogP contribution is -1.98. The second-order valence-corrected chi connectivity index (χ2v) is 4.32. The predicted molar refractivity (Wildman–Crippen MR) is 70.2 cm³/mol. The average Bonchev–Trinajstić information content (AvgIpc) is 2.44. The van der Waals surface area contributed by atoms with E-state index in [0.717, 1.165) is 30.5 Å². The molecule has 0 aliphatic heterocycles. The highest BCUT2D eigenvalue weighted by Gasteiger charge is 2.14. The smallest absolute Gasteiger partial charge is 0.228 e. The van der Waals surface area contributed by atoms with E-state index in [1.807, 2.05) is 6.07 Å². The standard InChI is InChI=1S/C15H14F3NO/c1-2-3-10-4-5-14(19-8-10)11-6-12(17)15(20-9-16)13(18)7-11/h4-8H,2-3,9H2,1H3. The number of pyridine rings is 1. The zero-order chi connectivity index (χ0) is 14.5. The number of aryl methyl sites for hydroxylation is 1. The third-order valence-electron chi connectivity index (χ3n) is 2.86. The lowest BCUT2D eigenvalue weighted by atomic mass is 10.1. The Balaban J connectivity index is 2.33. The molecule has 2 aromatic rings. The van der Waals surface area contributed by atoms with Crippen molar-refractivity contribution in [1.29, 1.82) is 0 Å². The highest BCUT2D eigenvalue weighted by atomic mass is 19.1. The van der Waals surface area contributed by atoms with E-state index < -0.39 is 24.2 Å². The van der Waals surface area contributed by atoms with Crippen LogP contribution in [0.5, 0.6) is 5.75 Å². The molecular weight excluding hydrogens is 267 g/mol. The molecule has 0 bridgehead atoms. The molecule has 0 unspecified atom stereocenters. The Labute approximate surface area is 115 Å². The molecule has 1 aromatic carbocycles. The number of nitrogens with zero attached hydrogens (tertiary/aromatic N) is 1. The summed E-state index contributed by atoms with van der Waals surface area (Å²) in [5.74, 6) is -2.60. The van der Waals surface area contributed by atoms with Gasteiger partial charge in [-0.3, -0.25) is 4.98 Å². The fourth-order valence-electron chi connectivity index (χ4n) is 1.93. The summed E-state index contributed by atoms with van der Waals surface area (Å²) >= 11 is 0. The molecule has 0 amide bonds. The van der Waals surface area contributed by atoms with Crippen molar-refractivity contribution in [3.63, 3.8) is 0 Å². The van der Waals surface area contributed by atoms with E-state index in [-0.39, 0.29) is 5.56 Å². The van der Waals surface area contributed by atoms with E-state index in [1.165, 1.54) is 0 Å². The maximum atomic E-state index is 13.6. The van der Waals surface area contributed by atoms with Crippen LogP contribution in [-0.4, -0.2) is 11.8 Å². The van der Waals surface area contributed by atoms with Gasteiger partial charge in [-0.15, -0.1) is 0 Å². The molecule has 0 radical (unpaired) electrons. The lowest BCUT2D eigenvalue weighted by Gasteiger charge is -2.08. The molecule has 0 aliphatic rings. The van der Waals surface area contributed by atoms with Gasteiger partial charge in [-0.1, -0.05) is 19.4 Å². The van der Waals surface area contributed by atoms with Crippen LogP contribution in [0.4, 0.5) is 13.2 Å². The van der Waals surface area contributed by atoms with E-state index in [9.17, 15) is 13.2 Å². The van der Waals surface area contributed by atoms with E-state index in [0.29, 0.717) is 5.69 Å². The van der Waals surface area contributed by atoms with Crippen LogP contribution in [0.3, 0.4) is 0 Å². The molecule has 0 spiro atoms. The van der Waals surface area contributed by atoms with Gasteiger partial charge in [0.1, 0.15) is 0 Å². The second-order valence-electron chi connectivity index (χ2n) is 4.32. The van der Waals surface area contributed by atoms with Crippen LogP contribution in [0.15, 0.2) is 30.5 Å². The SMILES string of the molecule is CCCc1ccc(-c2cc(F)c(OCF)c(F)c2)nc1. The number of aromatic nitrogens is 1. The summed E-state index contributed by atoms with van der Waals surface area (Å²) in [4.78, 5) is 4.18. The topological polar surface area (TPSA) is 22.1 Å². The zero-order valence-corrected chi connectivity index (χ0v) is 11.0. The number of rotatable bonds is 5. The Morgan fingerprint density at radius 3 is 2.35 bits per heavy atom. The second kappa shape index (κ2) is 6.41. The summed E-state index contributed by atoms with van der Waals surface area (Å²) in [6.07, 6.45) is 3.58. The van der Waals surface area contributed by atoms with Gasteiger partial charge in [0.2, 0.25) is 6.86 Å². The van der Waals surface area contributed by atoms with Crippen molar-refractivity contribution in [2.24, 2.45) is 0 Å². The number of hydrogen-bond donors (Lipinski definition) is 0. The number of hydrogen-bond acceptors (Lipinski definition) is 2. The average molecular weight is 281 g/mol. The molecule has 2 nitrogen and oxygen atoms in total. The summed E-state index contributed by atoms with van der Waals surface area (Å²) in [6.45, 7) is 0.777. The fraction of sp³-hybridized carbons (Fsp3) is 0.267. The molecule has 1 aromatic heterocycles. The van der Waals surface area contributed by atoms with Gasteiger partial charge in [0.15, 0.2) is 17.4 Å². The van der Waals surface area contributed by atoms with E-state index in [1.54, 1.807) is 12.3 Å². The maximum Gasteiger partial charge on any atom is 0.228 e. The summed E-state index contributed by atoms with van der Waals surface area (Å²) in [6, 6.07) is 5.73. The molecular formula is C15H14F3NO. The summed E-state index contributed by atoms with van der Waals surface area (Å²) in [5.41, 5.74) is 1.80. The summed E-state index contributed by atoms with van der Waals surface area (Å²) < 4.78 is 43.5. The molecule has 0 aliphatic carbocycles. The van der Waals surface area contributed by atoms with Crippen LogP contribution < -0.4 is 4.74 Å². The molecule has 106 valence electrons. The van der Waals surface area contributed by atoms with Crippen molar-refractivity contribution in [1.82, 2.24) is 4.98 Å². The van der Waals surface area contributed by atoms with Crippen molar-refractivity contribution >= 4 is 0 Å². The van der Waals surface area contributed by atoms with Gasteiger partial charge >= 0.3 is 0 Å². The molecule has 1 heterocycles. The number of halogens is 3. The van der Waals surface area contributed by atoms with Gasteiger partial charge in [-0.05, 0) is 30.2 Å². The lowest BCUT2D eigenvalue weighted by molar-refractivity contribution is 0.176. The van der Waals surface area contributed by atoms with Crippen molar-refractivity contribution in [2.75, 3.05) is 6.86 Å². The Morgan fingerprint density at radius 1 is 1.15 bits per heavy atom. The van der Waals surface area contributed by atoms with Crippen LogP contribution >= 0.6 is 0 Å². The third-order valence-corrected chi connectivity index (χ3v) is 2.86. The maximum absolute atomic E-state index is 13.6. The largest absolute Gasteiger partial charge is 0.457 e. The third kappa shape index (κ3) is 3.10. The van der Waals surface area contributed by atoms with Gasteiger partial charge in [-0.25, -0.2) is 13.2 Å². The quantitative estimate of drug-likeness (QED) is 0.815. The first-order valence-electron chi connectivity index (χ1n) is 6.28. The van der Waals surface area contributed by atoms with Gasteiger partial charge in [0.05, 0.1) is 5.69 Å². The number of benzene rings is 1. The van der Waals surface area contributed by atoms with Crippen molar-refractivity contribution < 1.29 is 17.9 Å². The van der Waals surface area contributed by atoms with Crippen LogP contribution in [0.25, 0.3) is 11.3 Å². The normalized spacial score (nSPS) is 10.6. The fourth-order valence-corrected chi connectivity index (χ4v) is 1.93. The van der Waals surface area contributed by atoms with Crippen LogP contribution in [0.2, 0.25) is 0 Å². The van der Waals surface area contributed by atoms with Gasteiger partial charge in [0.25, 0.3) is 0 Å². The monoisotopic (exact) mass is 281 g/mol. The first kappa shape index (κ1) is 14.4. The van der Waals surface area contributed by atoms with Gasteiger partial charge in [-0.2, -0.15) is 0 Å². The first-order chi connectivity index (χ1) is 9.65. The van der Waals surface area contributed by atoms with Crippen LogP contribution in [0.1, 0.15) is 18.9 Å². The van der Waals surface area contributed by atoms with E-state index in [2.05, 4.69) is 16.6 Å². The van der Waals surface area contributed by atoms with Crippen molar-refractivity contribution in [3.8, 4) is 17.0 Å². The van der Waals surface area contributed by atoms with Gasteiger partial charge in [0, 0.05) is 11.8 Å². The molecule has 0 saturated heterocycles. The van der Waals surface area contributed by atoms with Crippen LogP contribution in [0, 0.1) is 11.6 Å². The highest BCUT2D eigenvalue weighted by Crippen LogP contribution is 2.28. The Bertz CT molecular complexity index is 561. The molecule has 5 heteroatoms. The molecule has 0 atom stereocenters. The molecule has 0 N–H and O–H groups in total. The van der Waals surface area contributed by atoms with Crippen LogP contribution in [-0.2, 0) is 6.42 Å².